The lowest BCUT2D eigenvalue weighted by molar-refractivity contribution is -0.127. The summed E-state index contributed by atoms with van der Waals surface area (Å²) >= 11 is 0. The first-order chi connectivity index (χ1) is 12.5. The summed E-state index contributed by atoms with van der Waals surface area (Å²) in [6.07, 6.45) is 0.325. The molecule has 4 rings (SSSR count). The number of likely N-dealkylation sites (N-methyl/N-ethyl adjacent to an activating group) is 1. The molecule has 0 spiro atoms. The number of hydrogen-bond donors (Lipinski definition) is 1. The molecule has 1 N–H and O–H groups in total. The highest BCUT2D eigenvalue weighted by Gasteiger charge is 2.41. The predicted molar refractivity (Wildman–Crippen MR) is 97.9 cm³/mol. The highest BCUT2D eigenvalue weighted by Crippen LogP contribution is 2.42. The van der Waals surface area contributed by atoms with Crippen molar-refractivity contribution in [1.82, 2.24) is 24.6 Å². The molecule has 7 heteroatoms. The zero-order valence-electron chi connectivity index (χ0n) is 15.1. The van der Waals surface area contributed by atoms with Gasteiger partial charge >= 0.3 is 0 Å². The Morgan fingerprint density at radius 1 is 1.23 bits per heavy atom. The number of H-pyrrole nitrogens is 1. The number of benzene rings is 1. The fourth-order valence-corrected chi connectivity index (χ4v) is 3.88. The van der Waals surface area contributed by atoms with Crippen LogP contribution in [0.4, 0.5) is 0 Å². The summed E-state index contributed by atoms with van der Waals surface area (Å²) in [4.78, 5) is 34.5. The van der Waals surface area contributed by atoms with Crippen molar-refractivity contribution in [3.05, 3.63) is 57.8 Å². The van der Waals surface area contributed by atoms with Crippen LogP contribution in [0.25, 0.3) is 11.0 Å². The standard InChI is InChI=1S/C19H21N5O2/c1-4-24-17-15(11(2)22-24)20-18(21-19(17)26)13-10-14(25)23(3)16(13)12-8-6-5-7-9-12/h5-9,13,16H,4,10H2,1-3H3,(H,20,21,26)/t13-,16+/m1/s1. The van der Waals surface area contributed by atoms with Crippen molar-refractivity contribution in [3.8, 4) is 0 Å². The van der Waals surface area contributed by atoms with Gasteiger partial charge in [-0.1, -0.05) is 30.3 Å². The van der Waals surface area contributed by atoms with E-state index < -0.39 is 0 Å². The van der Waals surface area contributed by atoms with E-state index in [4.69, 9.17) is 4.98 Å². The van der Waals surface area contributed by atoms with E-state index in [1.54, 1.807) is 16.6 Å². The van der Waals surface area contributed by atoms with Crippen LogP contribution in [0.15, 0.2) is 35.1 Å². The van der Waals surface area contributed by atoms with Gasteiger partial charge in [0.1, 0.15) is 11.3 Å². The zero-order valence-corrected chi connectivity index (χ0v) is 15.1. The van der Waals surface area contributed by atoms with Crippen LogP contribution in [0.2, 0.25) is 0 Å². The molecule has 0 unspecified atom stereocenters. The first-order valence-corrected chi connectivity index (χ1v) is 8.79. The number of fused-ring (bicyclic) bond motifs is 1. The number of aromatic amines is 1. The quantitative estimate of drug-likeness (QED) is 0.783. The Bertz CT molecular complexity index is 1040. The van der Waals surface area contributed by atoms with Crippen LogP contribution in [-0.4, -0.2) is 37.6 Å². The molecule has 2 atom stereocenters. The highest BCUT2D eigenvalue weighted by molar-refractivity contribution is 5.81. The van der Waals surface area contributed by atoms with Crippen molar-refractivity contribution >= 4 is 16.9 Å². The Kier molecular flexibility index (Phi) is 3.86. The molecule has 26 heavy (non-hydrogen) atoms. The Balaban J connectivity index is 1.87. The number of carbonyl (C=O) groups excluding carboxylic acids is 1. The van der Waals surface area contributed by atoms with Gasteiger partial charge in [0.25, 0.3) is 5.56 Å². The Hall–Kier alpha value is -2.96. The smallest absolute Gasteiger partial charge is 0.277 e. The molecule has 134 valence electrons. The fraction of sp³-hybridized carbons (Fsp3) is 0.368. The molecule has 0 aliphatic carbocycles. The lowest BCUT2D eigenvalue weighted by Gasteiger charge is -2.25. The molecule has 3 heterocycles. The average Bonchev–Trinajstić information content (AvgIpc) is 3.13. The third-order valence-corrected chi connectivity index (χ3v) is 5.16. The molecule has 0 radical (unpaired) electrons. The minimum Gasteiger partial charge on any atom is -0.338 e. The van der Waals surface area contributed by atoms with E-state index in [-0.39, 0.29) is 23.4 Å². The third kappa shape index (κ3) is 2.42. The van der Waals surface area contributed by atoms with Gasteiger partial charge in [0, 0.05) is 20.0 Å². The van der Waals surface area contributed by atoms with Gasteiger partial charge in [-0.2, -0.15) is 5.10 Å². The number of rotatable bonds is 3. The molecule has 7 nitrogen and oxygen atoms in total. The summed E-state index contributed by atoms with van der Waals surface area (Å²) in [7, 11) is 1.80. The van der Waals surface area contributed by atoms with E-state index >= 15 is 0 Å². The normalized spacial score (nSPS) is 20.3. The number of aryl methyl sites for hydroxylation is 2. The van der Waals surface area contributed by atoms with Gasteiger partial charge in [-0.05, 0) is 19.4 Å². The fourth-order valence-electron chi connectivity index (χ4n) is 3.88. The van der Waals surface area contributed by atoms with Crippen molar-refractivity contribution in [2.45, 2.75) is 38.8 Å². The van der Waals surface area contributed by atoms with Crippen molar-refractivity contribution < 1.29 is 4.79 Å². The van der Waals surface area contributed by atoms with E-state index in [9.17, 15) is 9.59 Å². The number of nitrogens with zero attached hydrogens (tertiary/aromatic N) is 4. The second kappa shape index (κ2) is 6.09. The first-order valence-electron chi connectivity index (χ1n) is 8.79. The van der Waals surface area contributed by atoms with Crippen LogP contribution in [0.5, 0.6) is 0 Å². The van der Waals surface area contributed by atoms with Crippen LogP contribution in [0, 0.1) is 6.92 Å². The van der Waals surface area contributed by atoms with Gasteiger partial charge in [0.05, 0.1) is 17.7 Å². The molecule has 1 aliphatic rings. The molecule has 1 aliphatic heterocycles. The number of aromatic nitrogens is 4. The molecule has 1 fully saturated rings. The number of amides is 1. The van der Waals surface area contributed by atoms with Gasteiger partial charge in [-0.3, -0.25) is 14.3 Å². The zero-order chi connectivity index (χ0) is 18.4. The van der Waals surface area contributed by atoms with Crippen molar-refractivity contribution in [2.24, 2.45) is 0 Å². The summed E-state index contributed by atoms with van der Waals surface area (Å²) in [5, 5.41) is 4.40. The summed E-state index contributed by atoms with van der Waals surface area (Å²) in [6, 6.07) is 9.72. The van der Waals surface area contributed by atoms with Crippen molar-refractivity contribution in [2.75, 3.05) is 7.05 Å². The maximum absolute atomic E-state index is 12.7. The molecule has 1 amide bonds. The van der Waals surface area contributed by atoms with Crippen LogP contribution >= 0.6 is 0 Å². The molecule has 1 saturated heterocycles. The maximum atomic E-state index is 12.7. The van der Waals surface area contributed by atoms with Crippen LogP contribution in [-0.2, 0) is 11.3 Å². The lowest BCUT2D eigenvalue weighted by Crippen LogP contribution is -2.25. The van der Waals surface area contributed by atoms with Crippen molar-refractivity contribution in [3.63, 3.8) is 0 Å². The lowest BCUT2D eigenvalue weighted by atomic mass is 9.93. The first kappa shape index (κ1) is 16.5. The number of likely N-dealkylation sites (tertiary alicyclic amines) is 1. The SMILES string of the molecule is CCn1nc(C)c2nc([C@@H]3CC(=O)N(C)[C@H]3c3ccccc3)[nH]c(=O)c21. The number of carbonyl (C=O) groups is 1. The Morgan fingerprint density at radius 2 is 1.96 bits per heavy atom. The summed E-state index contributed by atoms with van der Waals surface area (Å²) in [5.74, 6) is 0.400. The molecule has 3 aromatic rings. The maximum Gasteiger partial charge on any atom is 0.277 e. The summed E-state index contributed by atoms with van der Waals surface area (Å²) in [6.45, 7) is 4.40. The van der Waals surface area contributed by atoms with E-state index in [1.807, 2.05) is 44.2 Å². The second-order valence-electron chi connectivity index (χ2n) is 6.72. The van der Waals surface area contributed by atoms with E-state index in [0.717, 1.165) is 11.3 Å². The van der Waals surface area contributed by atoms with Crippen LogP contribution in [0.3, 0.4) is 0 Å². The molecule has 0 bridgehead atoms. The van der Waals surface area contributed by atoms with Gasteiger partial charge in [0.2, 0.25) is 5.91 Å². The number of nitrogens with one attached hydrogen (secondary N) is 1. The Morgan fingerprint density at radius 3 is 2.65 bits per heavy atom. The van der Waals surface area contributed by atoms with E-state index in [0.29, 0.717) is 29.8 Å². The predicted octanol–water partition coefficient (Wildman–Crippen LogP) is 2.13. The van der Waals surface area contributed by atoms with Gasteiger partial charge in [0.15, 0.2) is 5.52 Å². The van der Waals surface area contributed by atoms with Crippen LogP contribution < -0.4 is 5.56 Å². The highest BCUT2D eigenvalue weighted by atomic mass is 16.2. The van der Waals surface area contributed by atoms with Gasteiger partial charge in [-0.15, -0.1) is 0 Å². The summed E-state index contributed by atoms with van der Waals surface area (Å²) in [5.41, 5.74) is 2.65. The van der Waals surface area contributed by atoms with Gasteiger partial charge < -0.3 is 9.88 Å². The minimum absolute atomic E-state index is 0.0487. The molecule has 1 aromatic carbocycles. The van der Waals surface area contributed by atoms with Crippen LogP contribution in [0.1, 0.15) is 42.4 Å². The Labute approximate surface area is 150 Å². The molecule has 0 saturated carbocycles. The molecule has 2 aromatic heterocycles. The average molecular weight is 351 g/mol. The molecular weight excluding hydrogens is 330 g/mol. The summed E-state index contributed by atoms with van der Waals surface area (Å²) < 4.78 is 1.67. The van der Waals surface area contributed by atoms with Gasteiger partial charge in [-0.25, -0.2) is 4.98 Å². The minimum atomic E-state index is -0.207. The van der Waals surface area contributed by atoms with E-state index in [1.165, 1.54) is 0 Å². The second-order valence-corrected chi connectivity index (χ2v) is 6.72. The topological polar surface area (TPSA) is 83.9 Å². The number of hydrogen-bond acceptors (Lipinski definition) is 4. The third-order valence-electron chi connectivity index (χ3n) is 5.16. The molecular formula is C19H21N5O2. The van der Waals surface area contributed by atoms with Crippen molar-refractivity contribution in [1.29, 1.82) is 0 Å². The largest absolute Gasteiger partial charge is 0.338 e. The monoisotopic (exact) mass is 351 g/mol. The van der Waals surface area contributed by atoms with E-state index in [2.05, 4.69) is 10.1 Å².